The number of unbranched alkanes of at least 4 members (excludes halogenated alkanes) is 1. The van der Waals surface area contributed by atoms with Gasteiger partial charge in [-0.2, -0.15) is 11.8 Å². The smallest absolute Gasteiger partial charge is 0.322 e. The highest BCUT2D eigenvalue weighted by Gasteiger charge is 2.38. The van der Waals surface area contributed by atoms with E-state index in [1.165, 1.54) is 36.4 Å². The summed E-state index contributed by atoms with van der Waals surface area (Å²) in [6, 6.07) is 13.1. The fraction of sp³-hybridized carbons (Fsp3) is 0.438. The number of hydrogen-bond acceptors (Lipinski definition) is 21. The van der Waals surface area contributed by atoms with Gasteiger partial charge in [0.25, 0.3) is 0 Å². The zero-order chi connectivity index (χ0) is 88.5. The number of H-pyrrole nitrogens is 2. The summed E-state index contributed by atoms with van der Waals surface area (Å²) in [5.74, 6) is -15.4. The first-order valence-corrected chi connectivity index (χ1v) is 40.7. The van der Waals surface area contributed by atoms with Crippen molar-refractivity contribution >= 4 is 117 Å². The standard InChI is InChI=1S/C80H111N23O17S/c1-45(2)67(103-77(119)60(36-48-25-27-51(104)28-26-48)98-68(110)53(82)21-12-13-30-81)78(120)97-57(29-33-121-3)69(111)91-42-64(105)94-62(38-50-41-87-44-93-50)75(117)100-59(35-47-18-8-5-9-19-47)73(115)95-56(24-15-32-89-80(85)86)72(114)101-61(37-49-40-90-54-22-11-10-20-52(49)54)74(116)102-63(39-65(106)107)76(118)96-55(23-14-31-88-79(83)84)71(113)99-58(70(112)92-43-66(108)109)34-46-16-6-4-7-17-46/h4-11,16-20,22,25-28,40-41,44-45,53,55-63,67,90,104H,12-15,21,23-24,29-39,42-43,81-82H2,1-3H3,(H,87,93)(H,91,111)(H,92,112)(H,94,105)(H,95,115)(H,96,118)(H,97,120)(H,98,110)(H,99,113)(H,100,117)(H,101,114)(H,102,116)(H,103,119)(H,106,107)(H,108,109)(H4,83,84,88)(H4,85,86,89)/t53-,55-,56-,57-,58-,59-,60-,61-,62-,63-,67-/m0/s1. The molecule has 40 nitrogen and oxygen atoms in total. The maximum absolute atomic E-state index is 15.2. The molecule has 29 N–H and O–H groups in total. The number of aromatic amines is 2. The van der Waals surface area contributed by atoms with E-state index in [2.05, 4.69) is 89.4 Å². The highest BCUT2D eigenvalue weighted by Crippen LogP contribution is 2.21. The number of rotatable bonds is 53. The van der Waals surface area contributed by atoms with Gasteiger partial charge in [-0.1, -0.05) is 111 Å². The number of aromatic nitrogens is 3. The number of fused-ring (bicyclic) bond motifs is 1. The van der Waals surface area contributed by atoms with E-state index in [9.17, 15) is 68.1 Å². The SMILES string of the molecule is CSCC[C@H](NC(=O)[C@@H](NC(=O)[C@H](Cc1ccc(O)cc1)NC(=O)[C@@H](N)CCCCN)C(C)C)C(=O)NCC(=O)N[C@@H](Cc1c[nH]cn1)C(=O)N[C@@H](Cc1ccccc1)C(=O)N[C@@H](CCCNC(=N)N)C(=O)N[C@@H](Cc1c[nH]c2ccccc12)C(=O)N[C@@H](CC(=O)O)C(=O)N[C@@H](CCCNC(=N)N)C(=O)N[C@@H](Cc1ccccc1)C(=O)NCC(=O)O. The third-order valence-electron chi connectivity index (χ3n) is 19.1. The number of nitrogens with zero attached hydrogens (tertiary/aromatic N) is 1. The number of carboxylic acids is 2. The molecule has 12 amide bonds. The van der Waals surface area contributed by atoms with Crippen molar-refractivity contribution in [1.82, 2.24) is 89.4 Å². The molecule has 0 aliphatic carbocycles. The number of nitrogens with one attached hydrogen (secondary N) is 18. The van der Waals surface area contributed by atoms with Crippen molar-refractivity contribution < 1.29 is 82.4 Å². The number of guanidine groups is 2. The summed E-state index contributed by atoms with van der Waals surface area (Å²) in [6.07, 6.45) is 4.79. The molecular weight excluding hydrogens is 1590 g/mol. The molecule has 0 spiro atoms. The van der Waals surface area contributed by atoms with E-state index in [-0.39, 0.29) is 95.2 Å². The Labute approximate surface area is 702 Å². The van der Waals surface area contributed by atoms with Crippen LogP contribution in [0.4, 0.5) is 0 Å². The van der Waals surface area contributed by atoms with Crippen LogP contribution in [0.5, 0.6) is 5.75 Å². The van der Waals surface area contributed by atoms with Crippen molar-refractivity contribution in [2.24, 2.45) is 28.9 Å². The van der Waals surface area contributed by atoms with Crippen molar-refractivity contribution in [2.45, 2.75) is 170 Å². The van der Waals surface area contributed by atoms with E-state index >= 15 is 14.4 Å². The molecule has 0 aliphatic heterocycles. The van der Waals surface area contributed by atoms with E-state index in [0.717, 1.165) is 0 Å². The van der Waals surface area contributed by atoms with Gasteiger partial charge in [-0.15, -0.1) is 0 Å². The molecule has 0 radical (unpaired) electrons. The molecule has 0 saturated heterocycles. The topological polar surface area (TPSA) is 664 Å². The minimum atomic E-state index is -2.01. The van der Waals surface area contributed by atoms with Gasteiger partial charge in [0.15, 0.2) is 11.9 Å². The van der Waals surface area contributed by atoms with Crippen LogP contribution in [0.15, 0.2) is 128 Å². The zero-order valence-electron chi connectivity index (χ0n) is 67.4. The summed E-state index contributed by atoms with van der Waals surface area (Å²) in [7, 11) is 0. The van der Waals surface area contributed by atoms with Crippen LogP contribution in [0, 0.1) is 16.7 Å². The molecule has 11 atom stereocenters. The number of aromatic hydroxyl groups is 1. The molecule has 4 aromatic carbocycles. The Morgan fingerprint density at radius 2 is 0.901 bits per heavy atom. The van der Waals surface area contributed by atoms with Gasteiger partial charge in [-0.05, 0) is 110 Å². The lowest BCUT2D eigenvalue weighted by atomic mass is 10.00. The summed E-state index contributed by atoms with van der Waals surface area (Å²) in [6.45, 7) is 2.04. The lowest BCUT2D eigenvalue weighted by Gasteiger charge is -2.28. The number of carbonyl (C=O) groups is 14. The molecular formula is C80H111N23O17S. The highest BCUT2D eigenvalue weighted by atomic mass is 32.2. The number of imidazole rings is 1. The fourth-order valence-corrected chi connectivity index (χ4v) is 13.1. The second-order valence-electron chi connectivity index (χ2n) is 29.0. The van der Waals surface area contributed by atoms with Gasteiger partial charge in [-0.3, -0.25) is 77.9 Å². The summed E-state index contributed by atoms with van der Waals surface area (Å²) in [5.41, 5.74) is 25.8. The first kappa shape index (κ1) is 96.7. The molecule has 0 saturated carbocycles. The monoisotopic (exact) mass is 1700 g/mol. The fourth-order valence-electron chi connectivity index (χ4n) is 12.7. The molecule has 121 heavy (non-hydrogen) atoms. The summed E-state index contributed by atoms with van der Waals surface area (Å²) < 4.78 is 0. The van der Waals surface area contributed by atoms with Crippen molar-refractivity contribution in [1.29, 1.82) is 10.8 Å². The van der Waals surface area contributed by atoms with Crippen LogP contribution in [0.1, 0.15) is 99.6 Å². The zero-order valence-corrected chi connectivity index (χ0v) is 68.2. The molecule has 2 heterocycles. The Hall–Kier alpha value is -13.2. The van der Waals surface area contributed by atoms with Crippen molar-refractivity contribution in [3.05, 3.63) is 156 Å². The van der Waals surface area contributed by atoms with Gasteiger partial charge < -0.3 is 123 Å². The molecule has 6 rings (SSSR count). The number of phenolic OH excluding ortho intramolecular Hbond substituents is 1. The number of carbonyl (C=O) groups excluding carboxylic acids is 12. The molecule has 0 fully saturated rings. The number of phenols is 1. The van der Waals surface area contributed by atoms with Gasteiger partial charge in [0.1, 0.15) is 72.7 Å². The lowest BCUT2D eigenvalue weighted by molar-refractivity contribution is -0.141. The van der Waals surface area contributed by atoms with E-state index in [4.69, 9.17) is 33.8 Å². The first-order valence-electron chi connectivity index (χ1n) is 39.3. The summed E-state index contributed by atoms with van der Waals surface area (Å²) in [5, 5.41) is 81.8. The molecule has 654 valence electrons. The maximum atomic E-state index is 15.2. The summed E-state index contributed by atoms with van der Waals surface area (Å²) in [4.78, 5) is 207. The number of para-hydroxylation sites is 1. The lowest BCUT2D eigenvalue weighted by Crippen LogP contribution is -2.61. The minimum Gasteiger partial charge on any atom is -0.508 e. The Kier molecular flexibility index (Phi) is 40.4. The highest BCUT2D eigenvalue weighted by molar-refractivity contribution is 7.98. The second-order valence-corrected chi connectivity index (χ2v) is 30.0. The van der Waals surface area contributed by atoms with E-state index in [0.29, 0.717) is 58.3 Å². The van der Waals surface area contributed by atoms with Crippen LogP contribution < -0.4 is 97.4 Å². The minimum absolute atomic E-state index is 0.00251. The van der Waals surface area contributed by atoms with E-state index in [1.807, 2.05) is 0 Å². The number of aliphatic carboxylic acids is 2. The van der Waals surface area contributed by atoms with Crippen LogP contribution in [-0.4, -0.2) is 236 Å². The predicted octanol–water partition coefficient (Wildman–Crippen LogP) is -2.86. The number of thioether (sulfide) groups is 1. The maximum Gasteiger partial charge on any atom is 0.322 e. The van der Waals surface area contributed by atoms with Crippen molar-refractivity contribution in [2.75, 3.05) is 44.7 Å². The quantitative estimate of drug-likeness (QED) is 0.0104. The number of carboxylic acid groups (broad SMARTS) is 2. The molecule has 6 aromatic rings. The third kappa shape index (κ3) is 34.4. The molecule has 0 unspecified atom stereocenters. The molecule has 41 heteroatoms. The number of amides is 12. The predicted molar refractivity (Wildman–Crippen MR) is 449 cm³/mol. The Morgan fingerprint density at radius 3 is 1.41 bits per heavy atom. The number of nitrogens with two attached hydrogens (primary N) is 4. The molecule has 0 aliphatic rings. The molecule has 2 aromatic heterocycles. The normalized spacial score (nSPS) is 13.8. The first-order chi connectivity index (χ1) is 57.8. The van der Waals surface area contributed by atoms with Crippen molar-refractivity contribution in [3.8, 4) is 5.75 Å². The average molecular weight is 1700 g/mol. The van der Waals surface area contributed by atoms with Crippen LogP contribution in [0.3, 0.4) is 0 Å². The van der Waals surface area contributed by atoms with Crippen LogP contribution in [0.2, 0.25) is 0 Å². The van der Waals surface area contributed by atoms with Gasteiger partial charge in [-0.25, -0.2) is 4.98 Å². The Balaban J connectivity index is 1.25. The van der Waals surface area contributed by atoms with Crippen molar-refractivity contribution in [3.63, 3.8) is 0 Å². The van der Waals surface area contributed by atoms with Gasteiger partial charge in [0.2, 0.25) is 70.9 Å². The molecule has 0 bridgehead atoms. The second kappa shape index (κ2) is 50.6. The largest absolute Gasteiger partial charge is 0.508 e. The van der Waals surface area contributed by atoms with Crippen LogP contribution in [0.25, 0.3) is 10.9 Å². The summed E-state index contributed by atoms with van der Waals surface area (Å²) >= 11 is 1.35. The van der Waals surface area contributed by atoms with Crippen LogP contribution in [-0.2, 0) is 99.2 Å². The van der Waals surface area contributed by atoms with E-state index < -0.39 is 187 Å². The third-order valence-corrected chi connectivity index (χ3v) is 19.7. The van der Waals surface area contributed by atoms with Gasteiger partial charge in [0, 0.05) is 68.5 Å². The average Bonchev–Trinajstić information content (AvgIpc) is 1.68. The Bertz CT molecular complexity index is 4470. The van der Waals surface area contributed by atoms with Gasteiger partial charge >= 0.3 is 11.9 Å². The number of hydrogen-bond donors (Lipinski definition) is 25. The van der Waals surface area contributed by atoms with Gasteiger partial charge in [0.05, 0.1) is 31.0 Å². The Morgan fingerprint density at radius 1 is 0.455 bits per heavy atom. The van der Waals surface area contributed by atoms with E-state index in [1.54, 1.807) is 123 Å². The number of benzene rings is 4. The van der Waals surface area contributed by atoms with Crippen LogP contribution >= 0.6 is 11.8 Å².